The van der Waals surface area contributed by atoms with Gasteiger partial charge in [0.15, 0.2) is 0 Å². The molecular formula is C11H17NOS. The van der Waals surface area contributed by atoms with Gasteiger partial charge in [-0.15, -0.1) is 11.3 Å². The Bertz CT molecular complexity index is 304. The van der Waals surface area contributed by atoms with Crippen LogP contribution in [0.25, 0.3) is 0 Å². The van der Waals surface area contributed by atoms with Crippen molar-refractivity contribution in [1.82, 2.24) is 5.32 Å². The molecule has 0 saturated carbocycles. The van der Waals surface area contributed by atoms with E-state index in [1.807, 2.05) is 11.3 Å². The fourth-order valence-corrected chi connectivity index (χ4v) is 3.02. The normalized spacial score (nSPS) is 19.3. The van der Waals surface area contributed by atoms with Gasteiger partial charge in [-0.3, -0.25) is 0 Å². The zero-order valence-electron chi connectivity index (χ0n) is 8.55. The molecule has 0 radical (unpaired) electrons. The van der Waals surface area contributed by atoms with Crippen LogP contribution in [0.5, 0.6) is 0 Å². The molecule has 1 saturated heterocycles. The number of aryl methyl sites for hydroxylation is 1. The van der Waals surface area contributed by atoms with E-state index in [-0.39, 0.29) is 0 Å². The van der Waals surface area contributed by atoms with Crippen molar-refractivity contribution in [3.63, 3.8) is 0 Å². The van der Waals surface area contributed by atoms with E-state index in [1.54, 1.807) is 0 Å². The molecule has 1 aliphatic heterocycles. The molecular weight excluding hydrogens is 194 g/mol. The predicted octanol–water partition coefficient (Wildman–Crippen LogP) is 1.58. The van der Waals surface area contributed by atoms with Gasteiger partial charge < -0.3 is 10.4 Å². The zero-order chi connectivity index (χ0) is 10.0. The minimum absolute atomic E-state index is 0.464. The van der Waals surface area contributed by atoms with Crippen molar-refractivity contribution in [2.45, 2.75) is 31.8 Å². The molecule has 2 nitrogen and oxygen atoms in total. The lowest BCUT2D eigenvalue weighted by Crippen LogP contribution is -2.60. The molecule has 2 heterocycles. The number of hydrogen-bond acceptors (Lipinski definition) is 3. The first kappa shape index (κ1) is 10.1. The smallest absolute Gasteiger partial charge is 0.0943 e. The highest BCUT2D eigenvalue weighted by Gasteiger charge is 2.34. The molecule has 1 aromatic heterocycles. The van der Waals surface area contributed by atoms with Crippen molar-refractivity contribution in [3.05, 3.63) is 21.9 Å². The van der Waals surface area contributed by atoms with Gasteiger partial charge in [0.05, 0.1) is 5.60 Å². The summed E-state index contributed by atoms with van der Waals surface area (Å²) in [5.74, 6) is 0. The quantitative estimate of drug-likeness (QED) is 0.792. The molecule has 0 aliphatic carbocycles. The van der Waals surface area contributed by atoms with Crippen LogP contribution < -0.4 is 5.32 Å². The SMILES string of the molecule is CCCc1ccc(CC2(O)CNC2)s1. The van der Waals surface area contributed by atoms with E-state index < -0.39 is 5.60 Å². The third-order valence-electron chi connectivity index (χ3n) is 2.63. The van der Waals surface area contributed by atoms with Crippen LogP contribution in [0.2, 0.25) is 0 Å². The minimum atomic E-state index is -0.464. The minimum Gasteiger partial charge on any atom is -0.387 e. The number of aliphatic hydroxyl groups is 1. The van der Waals surface area contributed by atoms with Crippen LogP contribution in [0, 0.1) is 0 Å². The summed E-state index contributed by atoms with van der Waals surface area (Å²) in [5.41, 5.74) is -0.464. The van der Waals surface area contributed by atoms with Crippen molar-refractivity contribution >= 4 is 11.3 Å². The molecule has 3 heteroatoms. The van der Waals surface area contributed by atoms with E-state index >= 15 is 0 Å². The Labute approximate surface area is 89.0 Å². The molecule has 0 aromatic carbocycles. The van der Waals surface area contributed by atoms with Crippen molar-refractivity contribution < 1.29 is 5.11 Å². The van der Waals surface area contributed by atoms with Crippen molar-refractivity contribution in [2.75, 3.05) is 13.1 Å². The highest BCUT2D eigenvalue weighted by atomic mass is 32.1. The van der Waals surface area contributed by atoms with E-state index in [0.29, 0.717) is 0 Å². The summed E-state index contributed by atoms with van der Waals surface area (Å²) in [7, 11) is 0. The van der Waals surface area contributed by atoms with Crippen molar-refractivity contribution in [2.24, 2.45) is 0 Å². The van der Waals surface area contributed by atoms with Gasteiger partial charge in [0.25, 0.3) is 0 Å². The zero-order valence-corrected chi connectivity index (χ0v) is 9.36. The molecule has 2 N–H and O–H groups in total. The largest absolute Gasteiger partial charge is 0.387 e. The van der Waals surface area contributed by atoms with Gasteiger partial charge in [-0.25, -0.2) is 0 Å². The molecule has 14 heavy (non-hydrogen) atoms. The maximum Gasteiger partial charge on any atom is 0.0943 e. The lowest BCUT2D eigenvalue weighted by Gasteiger charge is -2.37. The highest BCUT2D eigenvalue weighted by Crippen LogP contribution is 2.24. The molecule has 0 amide bonds. The Morgan fingerprint density at radius 1 is 1.43 bits per heavy atom. The Hall–Kier alpha value is -0.380. The van der Waals surface area contributed by atoms with Gasteiger partial charge in [-0.05, 0) is 18.6 Å². The Morgan fingerprint density at radius 2 is 2.14 bits per heavy atom. The van der Waals surface area contributed by atoms with E-state index in [2.05, 4.69) is 24.4 Å². The monoisotopic (exact) mass is 211 g/mol. The molecule has 1 fully saturated rings. The van der Waals surface area contributed by atoms with E-state index in [1.165, 1.54) is 22.6 Å². The first-order chi connectivity index (χ1) is 6.72. The second-order valence-electron chi connectivity index (χ2n) is 4.12. The maximum absolute atomic E-state index is 9.95. The Kier molecular flexibility index (Phi) is 2.91. The highest BCUT2D eigenvalue weighted by molar-refractivity contribution is 7.12. The predicted molar refractivity (Wildman–Crippen MR) is 59.8 cm³/mol. The first-order valence-electron chi connectivity index (χ1n) is 5.22. The van der Waals surface area contributed by atoms with Gasteiger partial charge >= 0.3 is 0 Å². The molecule has 0 atom stereocenters. The number of thiophene rings is 1. The molecule has 2 rings (SSSR count). The Morgan fingerprint density at radius 3 is 2.71 bits per heavy atom. The van der Waals surface area contributed by atoms with E-state index in [9.17, 15) is 5.11 Å². The van der Waals surface area contributed by atoms with Crippen molar-refractivity contribution in [1.29, 1.82) is 0 Å². The third-order valence-corrected chi connectivity index (χ3v) is 3.77. The van der Waals surface area contributed by atoms with Crippen LogP contribution in [0.1, 0.15) is 23.1 Å². The van der Waals surface area contributed by atoms with Gasteiger partial charge in [-0.2, -0.15) is 0 Å². The summed E-state index contributed by atoms with van der Waals surface area (Å²) >= 11 is 1.85. The number of β-amino-alcohol motifs (C(OH)–C–C–N with tert-alkyl or cyclic N) is 1. The van der Waals surface area contributed by atoms with Crippen LogP contribution in [0.3, 0.4) is 0 Å². The van der Waals surface area contributed by atoms with Crippen LogP contribution in [0.4, 0.5) is 0 Å². The van der Waals surface area contributed by atoms with Crippen LogP contribution in [-0.4, -0.2) is 23.8 Å². The third kappa shape index (κ3) is 2.16. The summed E-state index contributed by atoms with van der Waals surface area (Å²) in [5, 5.41) is 13.1. The van der Waals surface area contributed by atoms with Crippen LogP contribution in [0.15, 0.2) is 12.1 Å². The van der Waals surface area contributed by atoms with Crippen LogP contribution >= 0.6 is 11.3 Å². The summed E-state index contributed by atoms with van der Waals surface area (Å²) in [6.07, 6.45) is 3.18. The van der Waals surface area contributed by atoms with Gasteiger partial charge in [0, 0.05) is 29.3 Å². The summed E-state index contributed by atoms with van der Waals surface area (Å²) < 4.78 is 0. The summed E-state index contributed by atoms with van der Waals surface area (Å²) in [4.78, 5) is 2.76. The second kappa shape index (κ2) is 4.01. The molecule has 1 aromatic rings. The second-order valence-corrected chi connectivity index (χ2v) is 5.38. The number of rotatable bonds is 4. The first-order valence-corrected chi connectivity index (χ1v) is 6.04. The fraction of sp³-hybridized carbons (Fsp3) is 0.636. The lowest BCUT2D eigenvalue weighted by molar-refractivity contribution is -0.00833. The molecule has 0 spiro atoms. The topological polar surface area (TPSA) is 32.3 Å². The molecule has 0 bridgehead atoms. The van der Waals surface area contributed by atoms with Gasteiger partial charge in [0.1, 0.15) is 0 Å². The number of nitrogens with one attached hydrogen (secondary N) is 1. The summed E-state index contributed by atoms with van der Waals surface area (Å²) in [6.45, 7) is 3.69. The Balaban J connectivity index is 1.95. The fourth-order valence-electron chi connectivity index (χ4n) is 1.76. The summed E-state index contributed by atoms with van der Waals surface area (Å²) in [6, 6.07) is 4.35. The molecule has 0 unspecified atom stereocenters. The average Bonchev–Trinajstić information content (AvgIpc) is 2.51. The lowest BCUT2D eigenvalue weighted by atomic mass is 9.92. The molecule has 1 aliphatic rings. The standard InChI is InChI=1S/C11H17NOS/c1-2-3-9-4-5-10(14-9)6-11(13)7-12-8-11/h4-5,12-13H,2-3,6-8H2,1H3. The van der Waals surface area contributed by atoms with E-state index in [4.69, 9.17) is 0 Å². The van der Waals surface area contributed by atoms with Crippen molar-refractivity contribution in [3.8, 4) is 0 Å². The van der Waals surface area contributed by atoms with Gasteiger partial charge in [0.2, 0.25) is 0 Å². The number of hydrogen-bond donors (Lipinski definition) is 2. The maximum atomic E-state index is 9.95. The average molecular weight is 211 g/mol. The van der Waals surface area contributed by atoms with Gasteiger partial charge in [-0.1, -0.05) is 13.3 Å². The molecule has 78 valence electrons. The van der Waals surface area contributed by atoms with E-state index in [0.717, 1.165) is 19.5 Å². The van der Waals surface area contributed by atoms with Crippen LogP contribution in [-0.2, 0) is 12.8 Å².